The highest BCUT2D eigenvalue weighted by Crippen LogP contribution is 2.24. The Morgan fingerprint density at radius 3 is 2.57 bits per heavy atom. The molecule has 4 nitrogen and oxygen atoms in total. The number of nitriles is 1. The van der Waals surface area contributed by atoms with Crippen LogP contribution in [-0.4, -0.2) is 15.0 Å². The number of rotatable bonds is 5. The van der Waals surface area contributed by atoms with Crippen LogP contribution in [0, 0.1) is 11.3 Å². The zero-order chi connectivity index (χ0) is 16.9. The largest absolute Gasteiger partial charge is 0.494 e. The number of benzene rings is 2. The van der Waals surface area contributed by atoms with Crippen molar-refractivity contribution in [2.24, 2.45) is 0 Å². The minimum absolute atomic E-state index is 0.0238. The fraction of sp³-hybridized carbons (Fsp3) is 0.118. The molecule has 0 aromatic heterocycles. The van der Waals surface area contributed by atoms with Crippen LogP contribution in [0.4, 0.5) is 0 Å². The summed E-state index contributed by atoms with van der Waals surface area (Å²) < 4.78 is 30.4. The van der Waals surface area contributed by atoms with Gasteiger partial charge in [-0.25, -0.2) is 8.42 Å². The highest BCUT2D eigenvalue weighted by molar-refractivity contribution is 7.95. The van der Waals surface area contributed by atoms with Gasteiger partial charge in [0.1, 0.15) is 16.7 Å². The van der Waals surface area contributed by atoms with Crippen molar-refractivity contribution in [3.8, 4) is 11.8 Å². The Kier molecular flexibility index (Phi) is 5.43. The third-order valence-corrected chi connectivity index (χ3v) is 4.92. The van der Waals surface area contributed by atoms with Crippen molar-refractivity contribution in [2.75, 3.05) is 6.61 Å². The maximum atomic E-state index is 12.5. The van der Waals surface area contributed by atoms with E-state index in [1.807, 2.05) is 6.92 Å². The fourth-order valence-corrected chi connectivity index (χ4v) is 3.21. The van der Waals surface area contributed by atoms with E-state index < -0.39 is 9.84 Å². The van der Waals surface area contributed by atoms with Gasteiger partial charge in [0.2, 0.25) is 9.84 Å². The Hall–Kier alpha value is -2.29. The van der Waals surface area contributed by atoms with E-state index in [0.717, 1.165) is 0 Å². The van der Waals surface area contributed by atoms with E-state index in [0.29, 0.717) is 22.9 Å². The number of allylic oxidation sites excluding steroid dienone is 1. The molecule has 0 heterocycles. The van der Waals surface area contributed by atoms with Gasteiger partial charge in [0, 0.05) is 5.02 Å². The van der Waals surface area contributed by atoms with Gasteiger partial charge in [0.15, 0.2) is 0 Å². The predicted octanol–water partition coefficient (Wildman–Crippen LogP) is 4.08. The van der Waals surface area contributed by atoms with Crippen molar-refractivity contribution in [1.82, 2.24) is 0 Å². The first-order valence-corrected chi connectivity index (χ1v) is 8.69. The number of hydrogen-bond acceptors (Lipinski definition) is 4. The number of halogens is 1. The van der Waals surface area contributed by atoms with Crippen LogP contribution in [0.1, 0.15) is 12.5 Å². The molecule has 118 valence electrons. The molecule has 2 aromatic rings. The average Bonchev–Trinajstić information content (AvgIpc) is 2.53. The summed E-state index contributed by atoms with van der Waals surface area (Å²) in [4.78, 5) is -0.316. The van der Waals surface area contributed by atoms with E-state index >= 15 is 0 Å². The maximum Gasteiger partial charge on any atom is 0.216 e. The van der Waals surface area contributed by atoms with E-state index in [-0.39, 0.29) is 9.80 Å². The zero-order valence-electron chi connectivity index (χ0n) is 12.4. The van der Waals surface area contributed by atoms with Crippen LogP contribution in [0.5, 0.6) is 5.75 Å². The van der Waals surface area contributed by atoms with Crippen LogP contribution in [-0.2, 0) is 9.84 Å². The van der Waals surface area contributed by atoms with E-state index in [4.69, 9.17) is 16.3 Å². The standard InChI is InChI=1S/C17H14ClNO3S/c1-2-22-15-5-3-4-13(10-15)11-17(12-19)23(20,21)16-8-6-14(18)7-9-16/h3-11H,2H2,1H3/b17-11-. The summed E-state index contributed by atoms with van der Waals surface area (Å²) in [5, 5.41) is 9.68. The molecular weight excluding hydrogens is 334 g/mol. The van der Waals surface area contributed by atoms with Crippen LogP contribution in [0.2, 0.25) is 5.02 Å². The van der Waals surface area contributed by atoms with Gasteiger partial charge in [-0.3, -0.25) is 0 Å². The zero-order valence-corrected chi connectivity index (χ0v) is 13.9. The molecule has 0 aliphatic carbocycles. The van der Waals surface area contributed by atoms with E-state index in [9.17, 15) is 13.7 Å². The van der Waals surface area contributed by atoms with Crippen molar-refractivity contribution >= 4 is 27.5 Å². The molecule has 2 aromatic carbocycles. The third kappa shape index (κ3) is 4.13. The van der Waals surface area contributed by atoms with Gasteiger partial charge < -0.3 is 4.74 Å². The fourth-order valence-electron chi connectivity index (χ4n) is 1.92. The molecule has 0 saturated carbocycles. The van der Waals surface area contributed by atoms with E-state index in [1.165, 1.54) is 30.3 Å². The number of sulfone groups is 1. The average molecular weight is 348 g/mol. The summed E-state index contributed by atoms with van der Waals surface area (Å²) in [5.41, 5.74) is 0.574. The molecule has 0 aliphatic heterocycles. The molecule has 0 aliphatic rings. The summed E-state index contributed by atoms with van der Waals surface area (Å²) in [5.74, 6) is 0.613. The number of hydrogen-bond donors (Lipinski definition) is 0. The molecule has 0 spiro atoms. The molecule has 0 fully saturated rings. The van der Waals surface area contributed by atoms with E-state index in [2.05, 4.69) is 0 Å². The second kappa shape index (κ2) is 7.32. The topological polar surface area (TPSA) is 67.2 Å². The minimum Gasteiger partial charge on any atom is -0.494 e. The summed E-state index contributed by atoms with van der Waals surface area (Å²) in [7, 11) is -3.89. The van der Waals surface area contributed by atoms with Gasteiger partial charge in [-0.2, -0.15) is 5.26 Å². The van der Waals surface area contributed by atoms with Crippen molar-refractivity contribution in [3.63, 3.8) is 0 Å². The number of ether oxygens (including phenoxy) is 1. The Bertz CT molecular complexity index is 865. The van der Waals surface area contributed by atoms with Crippen LogP contribution in [0.15, 0.2) is 58.3 Å². The molecule has 0 saturated heterocycles. The van der Waals surface area contributed by atoms with Gasteiger partial charge in [0.25, 0.3) is 0 Å². The second-order valence-corrected chi connectivity index (χ2v) is 6.94. The molecule has 0 unspecified atom stereocenters. The third-order valence-electron chi connectivity index (χ3n) is 2.99. The SMILES string of the molecule is CCOc1cccc(/C=C(/C#N)S(=O)(=O)c2ccc(Cl)cc2)c1. The van der Waals surface area contributed by atoms with Crippen LogP contribution < -0.4 is 4.74 Å². The smallest absolute Gasteiger partial charge is 0.216 e. The lowest BCUT2D eigenvalue weighted by atomic mass is 10.2. The molecule has 0 N–H and O–H groups in total. The lowest BCUT2D eigenvalue weighted by Crippen LogP contribution is -2.03. The van der Waals surface area contributed by atoms with Crippen molar-refractivity contribution < 1.29 is 13.2 Å². The lowest BCUT2D eigenvalue weighted by Gasteiger charge is -2.05. The Balaban J connectivity index is 2.44. The Morgan fingerprint density at radius 1 is 1.26 bits per heavy atom. The quantitative estimate of drug-likeness (QED) is 0.764. The van der Waals surface area contributed by atoms with Crippen molar-refractivity contribution in [1.29, 1.82) is 5.26 Å². The van der Waals surface area contributed by atoms with Gasteiger partial charge in [-0.1, -0.05) is 23.7 Å². The van der Waals surface area contributed by atoms with Crippen LogP contribution in [0.25, 0.3) is 6.08 Å². The molecule has 0 radical (unpaired) electrons. The Morgan fingerprint density at radius 2 is 1.96 bits per heavy atom. The van der Waals surface area contributed by atoms with Gasteiger partial charge in [-0.15, -0.1) is 0 Å². The molecule has 0 atom stereocenters. The Labute approximate surface area is 140 Å². The molecule has 23 heavy (non-hydrogen) atoms. The van der Waals surface area contributed by atoms with Crippen molar-refractivity contribution in [2.45, 2.75) is 11.8 Å². The van der Waals surface area contributed by atoms with E-state index in [1.54, 1.807) is 30.3 Å². The molecule has 6 heteroatoms. The predicted molar refractivity (Wildman–Crippen MR) is 89.8 cm³/mol. The molecular formula is C17H14ClNO3S. The van der Waals surface area contributed by atoms with Gasteiger partial charge in [0.05, 0.1) is 11.5 Å². The summed E-state index contributed by atoms with van der Waals surface area (Å²) in [6, 6.07) is 14.3. The van der Waals surface area contributed by atoms with Gasteiger partial charge >= 0.3 is 0 Å². The van der Waals surface area contributed by atoms with Crippen molar-refractivity contribution in [3.05, 3.63) is 64.0 Å². The summed E-state index contributed by atoms with van der Waals surface area (Å²) in [6.45, 7) is 2.36. The first-order valence-electron chi connectivity index (χ1n) is 6.82. The normalized spacial score (nSPS) is 11.8. The molecule has 2 rings (SSSR count). The number of nitrogens with zero attached hydrogens (tertiary/aromatic N) is 1. The summed E-state index contributed by atoms with van der Waals surface area (Å²) in [6.07, 6.45) is 1.33. The monoisotopic (exact) mass is 347 g/mol. The first-order chi connectivity index (χ1) is 11.0. The molecule has 0 amide bonds. The van der Waals surface area contributed by atoms with Gasteiger partial charge in [-0.05, 0) is 55.0 Å². The molecule has 0 bridgehead atoms. The lowest BCUT2D eigenvalue weighted by molar-refractivity contribution is 0.340. The highest BCUT2D eigenvalue weighted by atomic mass is 35.5. The highest BCUT2D eigenvalue weighted by Gasteiger charge is 2.20. The maximum absolute atomic E-state index is 12.5. The minimum atomic E-state index is -3.89. The van der Waals surface area contributed by atoms with Crippen LogP contribution in [0.3, 0.4) is 0 Å². The summed E-state index contributed by atoms with van der Waals surface area (Å²) >= 11 is 5.76. The first kappa shape index (κ1) is 17.1. The second-order valence-electron chi connectivity index (χ2n) is 4.58. The van der Waals surface area contributed by atoms with Crippen LogP contribution >= 0.6 is 11.6 Å².